The fourth-order valence-electron chi connectivity index (χ4n) is 1.85. The molecule has 0 aliphatic rings. The number of rotatable bonds is 12. The zero-order valence-electron chi connectivity index (χ0n) is 13.6. The Balaban J connectivity index is 0. The van der Waals surface area contributed by atoms with Crippen LogP contribution in [-0.2, 0) is 19.1 Å². The van der Waals surface area contributed by atoms with E-state index >= 15 is 0 Å². The minimum atomic E-state index is -4.25. The minimum absolute atomic E-state index is 0. The number of hydrogen-bond acceptors (Lipinski definition) is 5. The Morgan fingerprint density at radius 1 is 0.955 bits per heavy atom. The van der Waals surface area contributed by atoms with E-state index < -0.39 is 21.0 Å². The van der Waals surface area contributed by atoms with Crippen LogP contribution in [0.5, 0.6) is 0 Å². The molecule has 0 unspecified atom stereocenters. The Morgan fingerprint density at radius 3 is 1.77 bits per heavy atom. The topological polar surface area (TPSA) is 80.7 Å². The van der Waals surface area contributed by atoms with Gasteiger partial charge in [-0.05, 0) is 20.3 Å². The van der Waals surface area contributed by atoms with Gasteiger partial charge >= 0.3 is 45.6 Å². The molecule has 0 bridgehead atoms. The van der Waals surface area contributed by atoms with Crippen molar-refractivity contribution in [3.05, 3.63) is 0 Å². The molecule has 1 N–H and O–H groups in total. The van der Waals surface area contributed by atoms with Gasteiger partial charge in [-0.3, -0.25) is 4.79 Å². The first-order chi connectivity index (χ1) is 9.70. The molecule has 128 valence electrons. The quantitative estimate of drug-likeness (QED) is 0.334. The van der Waals surface area contributed by atoms with Crippen molar-refractivity contribution in [3.63, 3.8) is 0 Å². The molecule has 0 spiro atoms. The van der Waals surface area contributed by atoms with Crippen LogP contribution in [0.1, 0.15) is 85.0 Å². The number of hydrogen-bond donors (Lipinski definition) is 1. The van der Waals surface area contributed by atoms with Crippen LogP contribution in [0.3, 0.4) is 0 Å². The van der Waals surface area contributed by atoms with Crippen LogP contribution in [0.2, 0.25) is 0 Å². The van der Waals surface area contributed by atoms with Gasteiger partial charge in [0, 0.05) is 6.42 Å². The summed E-state index contributed by atoms with van der Waals surface area (Å²) in [4.78, 5) is 9.35. The van der Waals surface area contributed by atoms with Crippen molar-refractivity contribution in [2.75, 3.05) is 0 Å². The molecule has 0 aromatic rings. The van der Waals surface area contributed by atoms with Gasteiger partial charge in [-0.2, -0.15) is 8.42 Å². The molecule has 0 radical (unpaired) electrons. The summed E-state index contributed by atoms with van der Waals surface area (Å²) in [5.41, 5.74) is 0. The summed E-state index contributed by atoms with van der Waals surface area (Å²) >= 11 is 0. The van der Waals surface area contributed by atoms with Gasteiger partial charge in [0.1, 0.15) is 0 Å². The Kier molecular flexibility index (Phi) is 14.3. The van der Waals surface area contributed by atoms with Gasteiger partial charge in [-0.25, -0.2) is 0 Å². The molecule has 0 fully saturated rings. The summed E-state index contributed by atoms with van der Waals surface area (Å²) in [7, 11) is -4.25. The zero-order chi connectivity index (χ0) is 16.4. The van der Waals surface area contributed by atoms with Crippen LogP contribution in [0.4, 0.5) is 0 Å². The first-order valence-corrected chi connectivity index (χ1v) is 9.30. The van der Waals surface area contributed by atoms with E-state index in [0.29, 0.717) is 6.42 Å². The fraction of sp³-hybridized carbons (Fsp3) is 0.933. The van der Waals surface area contributed by atoms with Gasteiger partial charge in [0.15, 0.2) is 4.93 Å². The van der Waals surface area contributed by atoms with Crippen LogP contribution in [-0.4, -0.2) is 54.0 Å². The average molecular weight is 346 g/mol. The molecule has 0 saturated carbocycles. The molecule has 0 atom stereocenters. The third-order valence-corrected chi connectivity index (χ3v) is 4.93. The number of aliphatic hydroxyl groups is 1. The summed E-state index contributed by atoms with van der Waals surface area (Å²) < 4.78 is 27.2. The molecule has 0 rings (SSSR count). The molecule has 7 heteroatoms. The van der Waals surface area contributed by atoms with Crippen molar-refractivity contribution in [1.29, 1.82) is 0 Å². The fourth-order valence-corrected chi connectivity index (χ4v) is 2.38. The van der Waals surface area contributed by atoms with Crippen molar-refractivity contribution in [3.8, 4) is 0 Å². The summed E-state index contributed by atoms with van der Waals surface area (Å²) in [6, 6.07) is 0. The van der Waals surface area contributed by atoms with E-state index in [0.717, 1.165) is 33.1 Å². The van der Waals surface area contributed by atoms with Crippen molar-refractivity contribution in [1.82, 2.24) is 0 Å². The molecular formula is C15H31NaO5S. The average Bonchev–Trinajstić information content (AvgIpc) is 2.35. The third kappa shape index (κ3) is 11.9. The second-order valence-corrected chi connectivity index (χ2v) is 8.01. The van der Waals surface area contributed by atoms with E-state index in [9.17, 15) is 18.3 Å². The van der Waals surface area contributed by atoms with Crippen LogP contribution >= 0.6 is 0 Å². The van der Waals surface area contributed by atoms with Crippen molar-refractivity contribution in [2.24, 2.45) is 0 Å². The van der Waals surface area contributed by atoms with Gasteiger partial charge < -0.3 is 9.29 Å². The van der Waals surface area contributed by atoms with Crippen LogP contribution in [0.25, 0.3) is 0 Å². The van der Waals surface area contributed by atoms with E-state index in [1.54, 1.807) is 0 Å². The molecule has 0 amide bonds. The molecule has 0 saturated heterocycles. The predicted molar refractivity (Wildman–Crippen MR) is 90.3 cm³/mol. The second-order valence-electron chi connectivity index (χ2n) is 5.93. The first kappa shape index (κ1) is 24.6. The van der Waals surface area contributed by atoms with Crippen molar-refractivity contribution in [2.45, 2.75) is 89.9 Å². The molecule has 0 aromatic carbocycles. The summed E-state index contributed by atoms with van der Waals surface area (Å²) in [5.74, 6) is -0.792. The molecule has 0 heterocycles. The molecule has 0 aliphatic carbocycles. The Morgan fingerprint density at radius 2 is 1.36 bits per heavy atom. The van der Waals surface area contributed by atoms with Crippen LogP contribution < -0.4 is 0 Å². The Bertz CT molecular complexity index is 387. The van der Waals surface area contributed by atoms with Crippen molar-refractivity contribution >= 4 is 45.6 Å². The monoisotopic (exact) mass is 346 g/mol. The molecule has 5 nitrogen and oxygen atoms in total. The standard InChI is InChI=1S/C15H30O5S.Na.H/c1-4-5-6-7-8-9-10-11-12-13-14(16)20-21(18,19)15(2,3)17;;/h17H,4-13H2,1-3H3;;. The molecule has 22 heavy (non-hydrogen) atoms. The first-order valence-electron chi connectivity index (χ1n) is 7.90. The van der Waals surface area contributed by atoms with Gasteiger partial charge in [0.2, 0.25) is 0 Å². The zero-order valence-corrected chi connectivity index (χ0v) is 14.4. The van der Waals surface area contributed by atoms with Crippen LogP contribution in [0, 0.1) is 0 Å². The third-order valence-electron chi connectivity index (χ3n) is 3.30. The van der Waals surface area contributed by atoms with E-state index in [2.05, 4.69) is 11.1 Å². The molecule has 0 aromatic heterocycles. The second kappa shape index (κ2) is 12.8. The maximum atomic E-state index is 11.4. The number of unbranched alkanes of at least 4 members (excludes halogenated alkanes) is 8. The predicted octanol–water partition coefficient (Wildman–Crippen LogP) is 2.86. The van der Waals surface area contributed by atoms with Crippen molar-refractivity contribution < 1.29 is 22.5 Å². The molecule has 0 aliphatic heterocycles. The Hall–Kier alpha value is 0.380. The Labute approximate surface area is 157 Å². The van der Waals surface area contributed by atoms with Gasteiger partial charge in [0.25, 0.3) is 0 Å². The van der Waals surface area contributed by atoms with Gasteiger partial charge in [-0.15, -0.1) is 0 Å². The number of carbonyl (C=O) groups is 1. The molecular weight excluding hydrogens is 315 g/mol. The van der Waals surface area contributed by atoms with Gasteiger partial charge in [-0.1, -0.05) is 58.3 Å². The normalized spacial score (nSPS) is 11.8. The summed E-state index contributed by atoms with van der Waals surface area (Å²) in [6.45, 7) is 4.35. The maximum absolute atomic E-state index is 11.4. The summed E-state index contributed by atoms with van der Waals surface area (Å²) in [6.07, 6.45) is 10.1. The van der Waals surface area contributed by atoms with E-state index in [4.69, 9.17) is 0 Å². The SMILES string of the molecule is CCCCCCCCCCCC(=O)OS(=O)(=O)C(C)(C)O.[NaH]. The van der Waals surface area contributed by atoms with E-state index in [-0.39, 0.29) is 36.0 Å². The summed E-state index contributed by atoms with van der Waals surface area (Å²) in [5, 5.41) is 9.36. The van der Waals surface area contributed by atoms with E-state index in [1.807, 2.05) is 0 Å². The van der Waals surface area contributed by atoms with Gasteiger partial charge in [0.05, 0.1) is 0 Å². The van der Waals surface area contributed by atoms with E-state index in [1.165, 1.54) is 32.1 Å². The van der Waals surface area contributed by atoms with Crippen LogP contribution in [0.15, 0.2) is 0 Å². The number of carbonyl (C=O) groups excluding carboxylic acids is 1.